The average molecular weight is 436 g/mol. The number of halogens is 2. The summed E-state index contributed by atoms with van der Waals surface area (Å²) in [7, 11) is -3.89. The van der Waals surface area contributed by atoms with Gasteiger partial charge in [-0.1, -0.05) is 53.5 Å². The molecule has 146 valence electrons. The Bertz CT molecular complexity index is 1130. The molecule has 0 aliphatic carbocycles. The summed E-state index contributed by atoms with van der Waals surface area (Å²) in [4.78, 5) is 2.27. The Balaban J connectivity index is 1.76. The fraction of sp³-hybridized carbons (Fsp3) is 0.200. The Kier molecular flexibility index (Phi) is 5.38. The lowest BCUT2D eigenvalue weighted by atomic mass is 10.1. The van der Waals surface area contributed by atoms with E-state index in [0.29, 0.717) is 5.69 Å². The highest BCUT2D eigenvalue weighted by atomic mass is 35.5. The van der Waals surface area contributed by atoms with Gasteiger partial charge in [-0.2, -0.15) is 0 Å². The van der Waals surface area contributed by atoms with Crippen LogP contribution in [0.5, 0.6) is 0 Å². The molecule has 5 nitrogen and oxygen atoms in total. The van der Waals surface area contributed by atoms with Gasteiger partial charge in [-0.25, -0.2) is 8.42 Å². The van der Waals surface area contributed by atoms with Crippen molar-refractivity contribution in [3.8, 4) is 0 Å². The second kappa shape index (κ2) is 7.79. The third-order valence-corrected chi connectivity index (χ3v) is 7.15. The standard InChI is InChI=1S/C20H19Cl2N3O2S/c21-16-6-3-7-19(20(16)22)28(26,27)24-17-8-9-18(25-12-10-23-11-13-25)15-5-2-1-4-14(15)17/h1-9,23-24H,10-13H2. The Hall–Kier alpha value is -1.99. The Labute approximate surface area is 174 Å². The summed E-state index contributed by atoms with van der Waals surface area (Å²) in [5, 5.41) is 5.39. The molecule has 0 amide bonds. The van der Waals surface area contributed by atoms with Crippen molar-refractivity contribution < 1.29 is 8.42 Å². The van der Waals surface area contributed by atoms with Crippen LogP contribution in [0.15, 0.2) is 59.5 Å². The first-order chi connectivity index (χ1) is 13.5. The molecule has 3 aromatic carbocycles. The summed E-state index contributed by atoms with van der Waals surface area (Å²) in [6.07, 6.45) is 0. The van der Waals surface area contributed by atoms with Gasteiger partial charge in [0.05, 0.1) is 15.7 Å². The summed E-state index contributed by atoms with van der Waals surface area (Å²) >= 11 is 12.1. The fourth-order valence-electron chi connectivity index (χ4n) is 3.44. The van der Waals surface area contributed by atoms with Crippen LogP contribution in [-0.4, -0.2) is 34.6 Å². The van der Waals surface area contributed by atoms with Gasteiger partial charge in [0.15, 0.2) is 0 Å². The molecule has 1 saturated heterocycles. The maximum atomic E-state index is 12.9. The van der Waals surface area contributed by atoms with E-state index in [2.05, 4.69) is 14.9 Å². The van der Waals surface area contributed by atoms with Crippen molar-refractivity contribution in [2.45, 2.75) is 4.90 Å². The molecule has 0 aromatic heterocycles. The van der Waals surface area contributed by atoms with E-state index in [1.54, 1.807) is 18.2 Å². The van der Waals surface area contributed by atoms with Crippen molar-refractivity contribution in [3.63, 3.8) is 0 Å². The average Bonchev–Trinajstić information content (AvgIpc) is 2.70. The summed E-state index contributed by atoms with van der Waals surface area (Å²) < 4.78 is 28.5. The quantitative estimate of drug-likeness (QED) is 0.638. The molecule has 0 saturated carbocycles. The van der Waals surface area contributed by atoms with Gasteiger partial charge in [-0.15, -0.1) is 0 Å². The maximum absolute atomic E-state index is 12.9. The van der Waals surface area contributed by atoms with E-state index in [-0.39, 0.29) is 14.9 Å². The monoisotopic (exact) mass is 435 g/mol. The van der Waals surface area contributed by atoms with E-state index in [0.717, 1.165) is 42.6 Å². The normalized spacial score (nSPS) is 15.0. The van der Waals surface area contributed by atoms with Crippen molar-refractivity contribution in [2.24, 2.45) is 0 Å². The number of rotatable bonds is 4. The van der Waals surface area contributed by atoms with Gasteiger partial charge in [0, 0.05) is 42.6 Å². The van der Waals surface area contributed by atoms with Crippen LogP contribution in [0.3, 0.4) is 0 Å². The molecule has 1 heterocycles. The summed E-state index contributed by atoms with van der Waals surface area (Å²) in [6, 6.07) is 16.1. The second-order valence-corrected chi connectivity index (χ2v) is 9.01. The molecule has 0 bridgehead atoms. The topological polar surface area (TPSA) is 61.4 Å². The molecule has 2 N–H and O–H groups in total. The van der Waals surface area contributed by atoms with Crippen LogP contribution in [-0.2, 0) is 10.0 Å². The van der Waals surface area contributed by atoms with Gasteiger partial charge < -0.3 is 10.2 Å². The number of sulfonamides is 1. The maximum Gasteiger partial charge on any atom is 0.263 e. The van der Waals surface area contributed by atoms with E-state index < -0.39 is 10.0 Å². The van der Waals surface area contributed by atoms with Gasteiger partial charge in [0.2, 0.25) is 0 Å². The van der Waals surface area contributed by atoms with E-state index in [9.17, 15) is 8.42 Å². The van der Waals surface area contributed by atoms with Crippen LogP contribution in [0.25, 0.3) is 10.8 Å². The zero-order valence-corrected chi connectivity index (χ0v) is 17.3. The molecule has 0 atom stereocenters. The molecule has 1 aliphatic rings. The van der Waals surface area contributed by atoms with Crippen molar-refractivity contribution in [1.82, 2.24) is 5.32 Å². The van der Waals surface area contributed by atoms with Gasteiger partial charge in [0.1, 0.15) is 4.90 Å². The predicted octanol–water partition coefficient (Wildman–Crippen LogP) is 4.36. The van der Waals surface area contributed by atoms with E-state index in [1.807, 2.05) is 30.3 Å². The number of benzene rings is 3. The third kappa shape index (κ3) is 3.65. The van der Waals surface area contributed by atoms with Gasteiger partial charge in [0.25, 0.3) is 10.0 Å². The molecule has 1 fully saturated rings. The molecular weight excluding hydrogens is 417 g/mol. The summed E-state index contributed by atoms with van der Waals surface area (Å²) in [5.41, 5.74) is 1.60. The highest BCUT2D eigenvalue weighted by Crippen LogP contribution is 2.35. The third-order valence-electron chi connectivity index (χ3n) is 4.81. The SMILES string of the molecule is O=S(=O)(Nc1ccc(N2CCNCC2)c2ccccc12)c1cccc(Cl)c1Cl. The van der Waals surface area contributed by atoms with E-state index >= 15 is 0 Å². The number of hydrogen-bond donors (Lipinski definition) is 2. The van der Waals surface area contributed by atoms with Crippen molar-refractivity contribution in [2.75, 3.05) is 35.8 Å². The molecule has 1 aliphatic heterocycles. The predicted molar refractivity (Wildman–Crippen MR) is 116 cm³/mol. The lowest BCUT2D eigenvalue weighted by molar-refractivity contribution is 0.590. The molecule has 8 heteroatoms. The first kappa shape index (κ1) is 19.3. The largest absolute Gasteiger partial charge is 0.368 e. The highest BCUT2D eigenvalue weighted by Gasteiger charge is 2.21. The van der Waals surface area contributed by atoms with Crippen molar-refractivity contribution in [1.29, 1.82) is 0 Å². The number of nitrogens with one attached hydrogen (secondary N) is 2. The van der Waals surface area contributed by atoms with E-state index in [4.69, 9.17) is 23.2 Å². The lowest BCUT2D eigenvalue weighted by Gasteiger charge is -2.30. The van der Waals surface area contributed by atoms with Crippen LogP contribution < -0.4 is 14.9 Å². The smallest absolute Gasteiger partial charge is 0.263 e. The fourth-order valence-corrected chi connectivity index (χ4v) is 5.29. The molecule has 0 spiro atoms. The van der Waals surface area contributed by atoms with Crippen LogP contribution in [0.4, 0.5) is 11.4 Å². The van der Waals surface area contributed by atoms with Crippen LogP contribution in [0.1, 0.15) is 0 Å². The number of piperazine rings is 1. The molecule has 4 rings (SSSR count). The Morgan fingerprint density at radius 2 is 1.61 bits per heavy atom. The molecular formula is C20H19Cl2N3O2S. The minimum absolute atomic E-state index is 0.0124. The van der Waals surface area contributed by atoms with Crippen molar-refractivity contribution >= 4 is 55.4 Å². The second-order valence-electron chi connectivity index (χ2n) is 6.57. The molecule has 0 radical (unpaired) electrons. The van der Waals surface area contributed by atoms with Crippen LogP contribution >= 0.6 is 23.2 Å². The summed E-state index contributed by atoms with van der Waals surface area (Å²) in [5.74, 6) is 0. The number of fused-ring (bicyclic) bond motifs is 1. The first-order valence-electron chi connectivity index (χ1n) is 8.91. The van der Waals surface area contributed by atoms with Gasteiger partial charge >= 0.3 is 0 Å². The van der Waals surface area contributed by atoms with Crippen LogP contribution in [0.2, 0.25) is 10.0 Å². The minimum Gasteiger partial charge on any atom is -0.368 e. The number of nitrogens with zero attached hydrogens (tertiary/aromatic N) is 1. The summed E-state index contributed by atoms with van der Waals surface area (Å²) in [6.45, 7) is 3.67. The zero-order valence-electron chi connectivity index (χ0n) is 15.0. The minimum atomic E-state index is -3.89. The highest BCUT2D eigenvalue weighted by molar-refractivity contribution is 7.92. The zero-order chi connectivity index (χ0) is 19.7. The molecule has 3 aromatic rings. The number of hydrogen-bond acceptors (Lipinski definition) is 4. The van der Waals surface area contributed by atoms with Crippen molar-refractivity contribution in [3.05, 3.63) is 64.6 Å². The number of anilines is 2. The van der Waals surface area contributed by atoms with E-state index in [1.165, 1.54) is 6.07 Å². The van der Waals surface area contributed by atoms with Crippen LogP contribution in [0, 0.1) is 0 Å². The Morgan fingerprint density at radius 1 is 0.893 bits per heavy atom. The van der Waals surface area contributed by atoms with Gasteiger partial charge in [-0.05, 0) is 24.3 Å². The molecule has 28 heavy (non-hydrogen) atoms. The Morgan fingerprint density at radius 3 is 2.36 bits per heavy atom. The first-order valence-corrected chi connectivity index (χ1v) is 11.2. The molecule has 0 unspecified atom stereocenters. The lowest BCUT2D eigenvalue weighted by Crippen LogP contribution is -2.43. The van der Waals surface area contributed by atoms with Gasteiger partial charge in [-0.3, -0.25) is 4.72 Å².